The molecule has 1 aliphatic rings. The second kappa shape index (κ2) is 10.1. The summed E-state index contributed by atoms with van der Waals surface area (Å²) in [6.07, 6.45) is 9.08. The van der Waals surface area contributed by atoms with Crippen LogP contribution in [0.5, 0.6) is 0 Å². The zero-order valence-corrected chi connectivity index (χ0v) is 17.0. The van der Waals surface area contributed by atoms with Gasteiger partial charge in [0.15, 0.2) is 0 Å². The molecule has 0 spiro atoms. The van der Waals surface area contributed by atoms with Crippen LogP contribution in [0.25, 0.3) is 6.08 Å². The van der Waals surface area contributed by atoms with Gasteiger partial charge in [0.2, 0.25) is 5.91 Å². The Kier molecular flexibility index (Phi) is 7.26. The smallest absolute Gasteiger partial charge is 0.294 e. The number of aromatic nitrogens is 2. The zero-order chi connectivity index (χ0) is 20.6. The van der Waals surface area contributed by atoms with Gasteiger partial charge in [-0.2, -0.15) is 0 Å². The SMILES string of the molecule is O=C(CN1C(=O)S/C(=C\C(Cl)=C\c2ccccc2)C1=O)NCCCn1ccnc1. The number of imidazole rings is 1. The highest BCUT2D eigenvalue weighted by Crippen LogP contribution is 2.32. The Morgan fingerprint density at radius 3 is 2.76 bits per heavy atom. The number of hydrogen-bond donors (Lipinski definition) is 1. The Balaban J connectivity index is 1.51. The van der Waals surface area contributed by atoms with Crippen LogP contribution >= 0.6 is 23.4 Å². The molecule has 9 heteroatoms. The van der Waals surface area contributed by atoms with E-state index in [0.717, 1.165) is 28.8 Å². The summed E-state index contributed by atoms with van der Waals surface area (Å²) in [5, 5.41) is 2.55. The van der Waals surface area contributed by atoms with E-state index >= 15 is 0 Å². The summed E-state index contributed by atoms with van der Waals surface area (Å²) in [6.45, 7) is 0.846. The standard InChI is InChI=1S/C20H19ClN4O3S/c21-16(11-15-5-2-1-3-6-15)12-17-19(27)25(20(28)29-17)13-18(26)23-7-4-9-24-10-8-22-14-24/h1-3,5-6,8,10-12,14H,4,7,9,13H2,(H,23,26)/b16-11-,17-12-. The van der Waals surface area contributed by atoms with Gasteiger partial charge in [0.1, 0.15) is 6.54 Å². The van der Waals surface area contributed by atoms with E-state index in [1.54, 1.807) is 18.6 Å². The van der Waals surface area contributed by atoms with Gasteiger partial charge < -0.3 is 9.88 Å². The summed E-state index contributed by atoms with van der Waals surface area (Å²) in [5.41, 5.74) is 0.878. The van der Waals surface area contributed by atoms with Crippen molar-refractivity contribution in [1.29, 1.82) is 0 Å². The highest BCUT2D eigenvalue weighted by Gasteiger charge is 2.36. The molecule has 3 amide bonds. The first-order chi connectivity index (χ1) is 14.0. The van der Waals surface area contributed by atoms with Crippen molar-refractivity contribution in [2.75, 3.05) is 13.1 Å². The van der Waals surface area contributed by atoms with Crippen molar-refractivity contribution in [2.24, 2.45) is 0 Å². The zero-order valence-electron chi connectivity index (χ0n) is 15.5. The normalized spacial score (nSPS) is 16.0. The van der Waals surface area contributed by atoms with Crippen LogP contribution in [0.4, 0.5) is 4.79 Å². The number of imide groups is 1. The van der Waals surface area contributed by atoms with Gasteiger partial charge in [0, 0.05) is 30.5 Å². The first-order valence-electron chi connectivity index (χ1n) is 8.93. The fourth-order valence-electron chi connectivity index (χ4n) is 2.62. The summed E-state index contributed by atoms with van der Waals surface area (Å²) in [7, 11) is 0. The number of carbonyl (C=O) groups is 3. The maximum absolute atomic E-state index is 12.5. The van der Waals surface area contributed by atoms with Crippen molar-refractivity contribution in [3.63, 3.8) is 0 Å². The predicted molar refractivity (Wildman–Crippen MR) is 113 cm³/mol. The second-order valence-corrected chi connectivity index (χ2v) is 7.64. The van der Waals surface area contributed by atoms with Crippen molar-refractivity contribution >= 4 is 46.5 Å². The van der Waals surface area contributed by atoms with Gasteiger partial charge in [-0.1, -0.05) is 41.9 Å². The predicted octanol–water partition coefficient (Wildman–Crippen LogP) is 3.25. The molecule has 0 atom stereocenters. The van der Waals surface area contributed by atoms with Gasteiger partial charge in [0.05, 0.1) is 11.2 Å². The van der Waals surface area contributed by atoms with Crippen LogP contribution in [0.15, 0.2) is 65.1 Å². The molecule has 7 nitrogen and oxygen atoms in total. The number of benzene rings is 1. The number of nitrogens with one attached hydrogen (secondary N) is 1. The van der Waals surface area contributed by atoms with Gasteiger partial charge in [-0.05, 0) is 35.9 Å². The van der Waals surface area contributed by atoms with Crippen molar-refractivity contribution in [3.8, 4) is 0 Å². The minimum atomic E-state index is -0.520. The van der Waals surface area contributed by atoms with Gasteiger partial charge in [0.25, 0.3) is 11.1 Å². The minimum absolute atomic E-state index is 0.195. The lowest BCUT2D eigenvalue weighted by Crippen LogP contribution is -2.39. The van der Waals surface area contributed by atoms with Crippen LogP contribution < -0.4 is 5.32 Å². The first kappa shape index (κ1) is 20.9. The maximum atomic E-state index is 12.5. The number of aryl methyl sites for hydroxylation is 1. The molecule has 3 rings (SSSR count). The van der Waals surface area contributed by atoms with Gasteiger partial charge >= 0.3 is 0 Å². The highest BCUT2D eigenvalue weighted by molar-refractivity contribution is 8.18. The molecule has 0 aliphatic carbocycles. The van der Waals surface area contributed by atoms with E-state index in [-0.39, 0.29) is 17.4 Å². The molecule has 0 bridgehead atoms. The molecule has 1 aromatic heterocycles. The molecule has 2 aromatic rings. The maximum Gasteiger partial charge on any atom is 0.294 e. The number of hydrogen-bond acceptors (Lipinski definition) is 5. The lowest BCUT2D eigenvalue weighted by Gasteiger charge is -2.12. The molecule has 1 N–H and O–H groups in total. The number of nitrogens with zero attached hydrogens (tertiary/aromatic N) is 3. The Bertz CT molecular complexity index is 942. The molecule has 2 heterocycles. The molecule has 1 saturated heterocycles. The Hall–Kier alpha value is -2.84. The third-order valence-corrected chi connectivity index (χ3v) is 5.15. The number of allylic oxidation sites excluding steroid dienone is 2. The molecular formula is C20H19ClN4O3S. The van der Waals surface area contributed by atoms with Crippen LogP contribution in [0.1, 0.15) is 12.0 Å². The van der Waals surface area contributed by atoms with E-state index in [0.29, 0.717) is 18.0 Å². The fraction of sp³-hybridized carbons (Fsp3) is 0.200. The molecule has 0 unspecified atom stereocenters. The summed E-state index contributed by atoms with van der Waals surface area (Å²) in [5.74, 6) is -0.904. The second-order valence-electron chi connectivity index (χ2n) is 6.21. The first-order valence-corrected chi connectivity index (χ1v) is 10.1. The summed E-state index contributed by atoms with van der Waals surface area (Å²) >= 11 is 6.96. The number of rotatable bonds is 8. The summed E-state index contributed by atoms with van der Waals surface area (Å²) in [4.78, 5) is 41.7. The van der Waals surface area contributed by atoms with Crippen LogP contribution in [0, 0.1) is 0 Å². The lowest BCUT2D eigenvalue weighted by atomic mass is 10.2. The van der Waals surface area contributed by atoms with E-state index in [4.69, 9.17) is 11.6 Å². The Labute approximate surface area is 177 Å². The van der Waals surface area contributed by atoms with Crippen molar-refractivity contribution in [2.45, 2.75) is 13.0 Å². The summed E-state index contributed by atoms with van der Waals surface area (Å²) in [6, 6.07) is 9.38. The third-order valence-electron chi connectivity index (χ3n) is 4.02. The van der Waals surface area contributed by atoms with Crippen molar-refractivity contribution < 1.29 is 14.4 Å². The lowest BCUT2D eigenvalue weighted by molar-refractivity contribution is -0.129. The number of thioether (sulfide) groups is 1. The molecule has 1 aromatic carbocycles. The third kappa shape index (κ3) is 6.07. The fourth-order valence-corrected chi connectivity index (χ4v) is 3.75. The van der Waals surface area contributed by atoms with Crippen molar-refractivity contribution in [3.05, 3.63) is 70.6 Å². The van der Waals surface area contributed by atoms with Crippen LogP contribution in [-0.2, 0) is 16.1 Å². The monoisotopic (exact) mass is 430 g/mol. The Morgan fingerprint density at radius 1 is 1.24 bits per heavy atom. The van der Waals surface area contributed by atoms with E-state index in [1.807, 2.05) is 41.1 Å². The molecule has 29 heavy (non-hydrogen) atoms. The van der Waals surface area contributed by atoms with E-state index in [2.05, 4.69) is 10.3 Å². The minimum Gasteiger partial charge on any atom is -0.354 e. The molecule has 150 valence electrons. The van der Waals surface area contributed by atoms with E-state index in [1.165, 1.54) is 6.08 Å². The quantitative estimate of drug-likeness (QED) is 0.513. The molecule has 0 saturated carbocycles. The Morgan fingerprint density at radius 2 is 2.03 bits per heavy atom. The van der Waals surface area contributed by atoms with E-state index < -0.39 is 11.1 Å². The van der Waals surface area contributed by atoms with Crippen LogP contribution in [-0.4, -0.2) is 44.6 Å². The average Bonchev–Trinajstić information content (AvgIpc) is 3.30. The summed E-state index contributed by atoms with van der Waals surface area (Å²) < 4.78 is 1.90. The number of carbonyl (C=O) groups excluding carboxylic acids is 3. The van der Waals surface area contributed by atoms with E-state index in [9.17, 15) is 14.4 Å². The molecule has 1 fully saturated rings. The largest absolute Gasteiger partial charge is 0.354 e. The van der Waals surface area contributed by atoms with Gasteiger partial charge in [-0.15, -0.1) is 0 Å². The molecule has 0 radical (unpaired) electrons. The van der Waals surface area contributed by atoms with Crippen molar-refractivity contribution in [1.82, 2.24) is 19.8 Å². The highest BCUT2D eigenvalue weighted by atomic mass is 35.5. The van der Waals surface area contributed by atoms with Gasteiger partial charge in [-0.25, -0.2) is 4.98 Å². The van der Waals surface area contributed by atoms with Crippen LogP contribution in [0.2, 0.25) is 0 Å². The number of halogens is 1. The molecular weight excluding hydrogens is 412 g/mol. The molecule has 1 aliphatic heterocycles. The number of amides is 3. The van der Waals surface area contributed by atoms with Gasteiger partial charge in [-0.3, -0.25) is 19.3 Å². The topological polar surface area (TPSA) is 84.3 Å². The average molecular weight is 431 g/mol. The van der Waals surface area contributed by atoms with Crippen LogP contribution in [0.3, 0.4) is 0 Å².